The van der Waals surface area contributed by atoms with Crippen LogP contribution in [-0.2, 0) is 95.2 Å². The Labute approximate surface area is 791 Å². The molecule has 136 heavy (non-hydrogen) atoms. The van der Waals surface area contributed by atoms with Crippen molar-refractivity contribution < 1.29 is 208 Å². The summed E-state index contributed by atoms with van der Waals surface area (Å²) in [6.07, 6.45) is -34.5. The molecule has 0 aromatic carbocycles. The van der Waals surface area contributed by atoms with Gasteiger partial charge < -0.3 is 195 Å². The zero-order valence-corrected chi connectivity index (χ0v) is 78.7. The van der Waals surface area contributed by atoms with Crippen LogP contribution < -0.4 is 21.3 Å². The van der Waals surface area contributed by atoms with Crippen LogP contribution in [0.5, 0.6) is 0 Å². The number of hydrogen-bond donors (Lipinski definition) is 26. The summed E-state index contributed by atoms with van der Waals surface area (Å²) in [5.41, 5.74) is 0. The number of Topliss-reactive ketones (excluding diaryl/α,β-unsaturated/α-hetero) is 1. The third-order valence-corrected chi connectivity index (χ3v) is 25.8. The maximum Gasteiger partial charge on any atom is 0.364 e. The molecule has 46 heteroatoms. The highest BCUT2D eigenvalue weighted by atomic mass is 16.8. The number of allylic oxidation sites excluding steroid dienone is 2. The number of carbonyl (C=O) groups is 8. The molecule has 0 aromatic rings. The Kier molecular flexibility index (Phi) is 52.1. The first-order valence-corrected chi connectivity index (χ1v) is 48.0. The van der Waals surface area contributed by atoms with Gasteiger partial charge in [-0.2, -0.15) is 0 Å². The van der Waals surface area contributed by atoms with Crippen molar-refractivity contribution in [3.63, 3.8) is 0 Å². The number of rotatable bonds is 64. The lowest BCUT2D eigenvalue weighted by Crippen LogP contribution is -2.72. The third-order valence-electron chi connectivity index (χ3n) is 25.8. The van der Waals surface area contributed by atoms with E-state index in [-0.39, 0.29) is 12.8 Å². The predicted octanol–water partition coefficient (Wildman–Crippen LogP) is -3.43. The van der Waals surface area contributed by atoms with E-state index >= 15 is 0 Å². The van der Waals surface area contributed by atoms with E-state index in [4.69, 9.17) is 56.8 Å². The van der Waals surface area contributed by atoms with Crippen molar-refractivity contribution in [2.75, 3.05) is 46.2 Å². The van der Waals surface area contributed by atoms with Crippen molar-refractivity contribution in [1.29, 1.82) is 0 Å². The highest BCUT2D eigenvalue weighted by Crippen LogP contribution is 2.45. The van der Waals surface area contributed by atoms with Crippen molar-refractivity contribution in [3.05, 3.63) is 12.2 Å². The second-order valence-corrected chi connectivity index (χ2v) is 36.7. The van der Waals surface area contributed by atoms with Gasteiger partial charge in [-0.1, -0.05) is 161 Å². The van der Waals surface area contributed by atoms with E-state index < -0.39 is 332 Å². The fourth-order valence-electron chi connectivity index (χ4n) is 18.3. The molecular weight excluding hydrogens is 1810 g/mol. The normalized spacial score (nSPS) is 34.0. The van der Waals surface area contributed by atoms with E-state index in [9.17, 15) is 151 Å². The molecule has 788 valence electrons. The monoisotopic (exact) mass is 1970 g/mol. The van der Waals surface area contributed by atoms with Gasteiger partial charge in [0.25, 0.3) is 17.4 Å². The number of nitrogens with one attached hydrogen (secondary N) is 4. The summed E-state index contributed by atoms with van der Waals surface area (Å²) in [6, 6.07) is -7.21. The van der Waals surface area contributed by atoms with E-state index in [0.717, 1.165) is 105 Å². The minimum absolute atomic E-state index is 0.0930. The number of ether oxygens (including phenoxy) is 12. The molecule has 26 N–H and O–H groups in total. The molecule has 0 aliphatic carbocycles. The van der Waals surface area contributed by atoms with E-state index in [2.05, 4.69) is 47.3 Å². The molecule has 35 atom stereocenters. The van der Waals surface area contributed by atoms with Crippen LogP contribution in [0, 0.1) is 5.92 Å². The largest absolute Gasteiger partial charge is 0.477 e. The zero-order valence-electron chi connectivity index (χ0n) is 78.7. The molecule has 6 heterocycles. The number of ketones is 1. The van der Waals surface area contributed by atoms with Gasteiger partial charge in [0.15, 0.2) is 18.9 Å². The van der Waals surface area contributed by atoms with Crippen LogP contribution in [0.1, 0.15) is 247 Å². The second kappa shape index (κ2) is 59.5. The van der Waals surface area contributed by atoms with Crippen molar-refractivity contribution in [2.24, 2.45) is 5.92 Å². The minimum atomic E-state index is -3.71. The Hall–Kier alpha value is -5.54. The summed E-state index contributed by atoms with van der Waals surface area (Å²) in [6.45, 7) is -0.546. The number of amides is 4. The first-order chi connectivity index (χ1) is 64.6. The molecule has 6 rings (SSSR count). The quantitative estimate of drug-likeness (QED) is 0.0208. The molecule has 6 fully saturated rings. The summed E-state index contributed by atoms with van der Waals surface area (Å²) in [7, 11) is 0. The Balaban J connectivity index is 1.32. The Morgan fingerprint density at radius 3 is 1.22 bits per heavy atom. The average molecular weight is 1970 g/mol. The van der Waals surface area contributed by atoms with E-state index in [1.165, 1.54) is 77.0 Å². The summed E-state index contributed by atoms with van der Waals surface area (Å²) in [5, 5.41) is 261. The smallest absolute Gasteiger partial charge is 0.364 e. The van der Waals surface area contributed by atoms with Gasteiger partial charge in [-0.05, 0) is 45.4 Å². The van der Waals surface area contributed by atoms with Crippen LogP contribution in [0.3, 0.4) is 0 Å². The molecule has 35 unspecified atom stereocenters. The summed E-state index contributed by atoms with van der Waals surface area (Å²) >= 11 is 0. The van der Waals surface area contributed by atoms with Gasteiger partial charge in [-0.15, -0.1) is 0 Å². The lowest BCUT2D eigenvalue weighted by Gasteiger charge is -2.53. The topological polar surface area (TPSA) is 741 Å². The maximum absolute atomic E-state index is 14.4. The van der Waals surface area contributed by atoms with Crippen molar-refractivity contribution >= 4 is 47.3 Å². The maximum atomic E-state index is 14.4. The molecule has 6 aliphatic rings. The van der Waals surface area contributed by atoms with Gasteiger partial charge in [-0.3, -0.25) is 19.2 Å². The number of unbranched alkanes of at least 4 members (excludes halogenated alkanes) is 23. The van der Waals surface area contributed by atoms with Crippen molar-refractivity contribution in [1.82, 2.24) is 21.3 Å². The average Bonchev–Trinajstić information content (AvgIpc) is 0.732. The fourth-order valence-corrected chi connectivity index (χ4v) is 18.3. The first-order valence-electron chi connectivity index (χ1n) is 48.0. The van der Waals surface area contributed by atoms with Crippen LogP contribution in [0.25, 0.3) is 0 Å². The first kappa shape index (κ1) is 119. The number of carboxylic acid groups (broad SMARTS) is 3. The van der Waals surface area contributed by atoms with Crippen LogP contribution in [0.2, 0.25) is 0 Å². The Morgan fingerprint density at radius 1 is 0.412 bits per heavy atom. The van der Waals surface area contributed by atoms with Gasteiger partial charge in [0.2, 0.25) is 23.6 Å². The molecule has 6 saturated heterocycles. The Morgan fingerprint density at radius 2 is 0.801 bits per heavy atom. The Bertz CT molecular complexity index is 3570. The van der Waals surface area contributed by atoms with Crippen molar-refractivity contribution in [2.45, 2.75) is 454 Å². The molecule has 0 saturated carbocycles. The van der Waals surface area contributed by atoms with E-state index in [1.807, 2.05) is 0 Å². The molecule has 0 bridgehead atoms. The predicted molar refractivity (Wildman–Crippen MR) is 470 cm³/mol. The molecule has 0 spiro atoms. The highest BCUT2D eigenvalue weighted by molar-refractivity contribution is 5.79. The van der Waals surface area contributed by atoms with Crippen LogP contribution in [0.4, 0.5) is 0 Å². The van der Waals surface area contributed by atoms with Gasteiger partial charge in [0, 0.05) is 58.8 Å². The van der Waals surface area contributed by atoms with E-state index in [0.29, 0.717) is 12.8 Å². The molecular formula is C90H156N4O42. The number of aliphatic hydroxyl groups is 19. The number of aliphatic hydroxyl groups excluding tert-OH is 19. The zero-order chi connectivity index (χ0) is 101. The SMILES string of the molecule is CCCCCCCCC=CCCCCCCCC(=O)NC(COC1OC(CO)C(OC2OC(CO)C(OC3OC(CO)C(O)C(O)C3CC(C)=O)C(OC3(C(=O)O)CC(O)C(NC(C)=O)C(C(O)C(CO)OC4(C(=O)O)CC(O)C(NC(C)=O)C(C(O)C(CO)OC5(C(=O)O)CC(O)C(NC(C)=O)C(C(O)C(O)CO)O5)O4)O3)C2O)C(O)C1O)C(O)CCCCCCCCCCCCCCC. The molecule has 0 radical (unpaired) electrons. The lowest BCUT2D eigenvalue weighted by molar-refractivity contribution is -0.404. The standard InChI is InChI=1S/C90H156N4O42/c1-7-9-11-13-15-17-19-21-22-24-26-28-30-32-34-36-64(110)94-53(54(105)35-33-31-29-27-25-23-20-18-16-14-12-10-8-2)47-125-83-74(117)73(116)76(62(45-99)127-83)129-84-75(118)81(77(63(46-100)128-84)130-82-52(37-48(3)101)68(111)70(113)59(42-96)126-82)136-90(87(123)124)40-57(108)67(93-51(6)104)80(135-90)72(115)61(44-98)132-89(86(121)122)39-56(107)66(92-50(5)103)79(134-89)71(114)60(43-97)131-88(85(119)120)38-55(106)65(91-49(4)102)78(133-88)69(112)58(109)41-95/h21-22,52-63,65-84,95-100,105-109,111-118H,7-20,23-47H2,1-6H3,(H,91,102)(H,92,103)(H,93,104)(H,94,110)(H,119,120)(H,121,122)(H,123,124). The highest BCUT2D eigenvalue weighted by Gasteiger charge is 2.65. The third kappa shape index (κ3) is 34.4. The molecule has 46 nitrogen and oxygen atoms in total. The van der Waals surface area contributed by atoms with Crippen LogP contribution in [-0.4, -0.2) is 413 Å². The number of aliphatic carboxylic acids is 3. The number of hydrogen-bond acceptors (Lipinski definition) is 39. The van der Waals surface area contributed by atoms with Gasteiger partial charge in [-0.25, -0.2) is 14.4 Å². The number of carboxylic acids is 3. The fraction of sp³-hybridized carbons (Fsp3) is 0.889. The molecule has 4 amide bonds. The number of carbonyl (C=O) groups excluding carboxylic acids is 5. The van der Waals surface area contributed by atoms with Gasteiger partial charge in [0.1, 0.15) is 122 Å². The van der Waals surface area contributed by atoms with Crippen LogP contribution >= 0.6 is 0 Å². The summed E-state index contributed by atoms with van der Waals surface area (Å²) in [5.74, 6) is -23.5. The molecule has 0 aromatic heterocycles. The van der Waals surface area contributed by atoms with E-state index in [1.54, 1.807) is 0 Å². The second-order valence-electron chi connectivity index (χ2n) is 36.7. The van der Waals surface area contributed by atoms with Gasteiger partial charge >= 0.3 is 17.9 Å². The lowest BCUT2D eigenvalue weighted by atomic mass is 9.86. The molecule has 6 aliphatic heterocycles. The van der Waals surface area contributed by atoms with Crippen LogP contribution in [0.15, 0.2) is 12.2 Å². The summed E-state index contributed by atoms with van der Waals surface area (Å²) < 4.78 is 72.0. The van der Waals surface area contributed by atoms with Gasteiger partial charge in [0.05, 0.1) is 101 Å². The van der Waals surface area contributed by atoms with Crippen molar-refractivity contribution in [3.8, 4) is 0 Å². The summed E-state index contributed by atoms with van der Waals surface area (Å²) in [4.78, 5) is 107. The minimum Gasteiger partial charge on any atom is -0.477 e.